The van der Waals surface area contributed by atoms with Crippen LogP contribution in [0, 0.1) is 0 Å². The molecule has 0 aliphatic rings. The molecule has 0 unspecified atom stereocenters. The quantitative estimate of drug-likeness (QED) is 0.237. The van der Waals surface area contributed by atoms with E-state index >= 15 is 0 Å². The second kappa shape index (κ2) is 12.7. The van der Waals surface area contributed by atoms with E-state index in [0.29, 0.717) is 0 Å². The van der Waals surface area contributed by atoms with Crippen molar-refractivity contribution in [2.75, 3.05) is 6.79 Å². The third kappa shape index (κ3) is 7.45. The normalized spacial score (nSPS) is 10.5. The van der Waals surface area contributed by atoms with E-state index < -0.39 is 42.0 Å². The van der Waals surface area contributed by atoms with Crippen LogP contribution in [0.1, 0.15) is 64.3 Å². The highest BCUT2D eigenvalue weighted by Gasteiger charge is 2.21. The van der Waals surface area contributed by atoms with E-state index in [0.717, 1.165) is 17.3 Å². The van der Waals surface area contributed by atoms with Gasteiger partial charge in [-0.3, -0.25) is 24.0 Å². The molecule has 0 bridgehead atoms. The van der Waals surface area contributed by atoms with Crippen LogP contribution >= 0.6 is 0 Å². The van der Waals surface area contributed by atoms with Crippen molar-refractivity contribution in [3.05, 3.63) is 99.7 Å². The van der Waals surface area contributed by atoms with Crippen LogP contribution in [-0.4, -0.2) is 40.4 Å². The average molecular weight is 492 g/mol. The largest absolute Gasteiger partial charge is 0.428 e. The lowest BCUT2D eigenvalue weighted by Gasteiger charge is -2.19. The van der Waals surface area contributed by atoms with E-state index in [4.69, 9.17) is 0 Å². The third-order valence-electron chi connectivity index (χ3n) is 5.12. The number of H-pyrrole nitrogens is 1. The molecule has 10 heteroatoms. The number of rotatable bonds is 11. The topological polar surface area (TPSA) is 145 Å². The molecule has 0 saturated heterocycles. The van der Waals surface area contributed by atoms with Gasteiger partial charge < -0.3 is 19.8 Å². The molecule has 0 fully saturated rings. The molecule has 1 aromatic heterocycles. The van der Waals surface area contributed by atoms with Crippen molar-refractivity contribution in [3.8, 4) is 0 Å². The van der Waals surface area contributed by atoms with Gasteiger partial charge in [0.15, 0.2) is 11.6 Å². The van der Waals surface area contributed by atoms with Gasteiger partial charge in [0, 0.05) is 26.0 Å². The first-order valence-electron chi connectivity index (χ1n) is 11.2. The molecule has 0 aliphatic carbocycles. The number of nitrogens with zero attached hydrogens (tertiary/aromatic N) is 1. The minimum atomic E-state index is -0.758. The maximum Gasteiger partial charge on any atom is 0.308 e. The summed E-state index contributed by atoms with van der Waals surface area (Å²) in [5.41, 5.74) is 0.670. The number of amides is 1. The molecule has 3 rings (SSSR count). The van der Waals surface area contributed by atoms with Gasteiger partial charge >= 0.3 is 11.9 Å². The summed E-state index contributed by atoms with van der Waals surface area (Å²) < 4.78 is 9.18. The Kier molecular flexibility index (Phi) is 9.21. The van der Waals surface area contributed by atoms with E-state index in [-0.39, 0.29) is 30.7 Å². The number of esters is 2. The molecule has 1 amide bonds. The molecule has 0 saturated carbocycles. The van der Waals surface area contributed by atoms with Gasteiger partial charge in [-0.2, -0.15) is 0 Å². The Labute approximate surface area is 206 Å². The number of aromatic amines is 1. The molecular formula is C26H25N3O7. The molecule has 186 valence electrons. The Balaban J connectivity index is 1.62. The predicted octanol–water partition coefficient (Wildman–Crippen LogP) is 2.71. The predicted molar refractivity (Wildman–Crippen MR) is 128 cm³/mol. The van der Waals surface area contributed by atoms with Crippen molar-refractivity contribution in [1.29, 1.82) is 0 Å². The summed E-state index contributed by atoms with van der Waals surface area (Å²) in [6, 6.07) is 18.1. The monoisotopic (exact) mass is 491 g/mol. The number of hydrogen-bond acceptors (Lipinski definition) is 8. The highest BCUT2D eigenvalue weighted by Crippen LogP contribution is 2.22. The molecule has 10 nitrogen and oxygen atoms in total. The number of carbonyl (C=O) groups is 4. The molecule has 36 heavy (non-hydrogen) atoms. The molecular weight excluding hydrogens is 466 g/mol. The summed E-state index contributed by atoms with van der Waals surface area (Å²) in [4.78, 5) is 66.4. The maximum atomic E-state index is 12.9. The zero-order chi connectivity index (χ0) is 25.9. The van der Waals surface area contributed by atoms with Crippen LogP contribution in [0.5, 0.6) is 0 Å². The molecule has 0 aliphatic heterocycles. The van der Waals surface area contributed by atoms with Crippen molar-refractivity contribution in [2.24, 2.45) is 0 Å². The van der Waals surface area contributed by atoms with Crippen LogP contribution in [0.4, 0.5) is 0 Å². The molecule has 2 N–H and O–H groups in total. The first kappa shape index (κ1) is 26.0. The number of ketones is 1. The number of carbonyl (C=O) groups excluding carboxylic acids is 4. The molecule has 0 radical (unpaired) electrons. The van der Waals surface area contributed by atoms with Crippen molar-refractivity contribution in [2.45, 2.75) is 32.2 Å². The lowest BCUT2D eigenvalue weighted by molar-refractivity contribution is -0.165. The summed E-state index contributed by atoms with van der Waals surface area (Å²) in [6.07, 6.45) is 1.03. The van der Waals surface area contributed by atoms with Crippen LogP contribution < -0.4 is 10.9 Å². The number of benzene rings is 2. The second-order valence-corrected chi connectivity index (χ2v) is 7.75. The van der Waals surface area contributed by atoms with Gasteiger partial charge in [0.25, 0.3) is 11.5 Å². The van der Waals surface area contributed by atoms with Crippen molar-refractivity contribution < 1.29 is 28.7 Å². The van der Waals surface area contributed by atoms with Crippen LogP contribution in [0.3, 0.4) is 0 Å². The number of hydrogen-bond donors (Lipinski definition) is 2. The Hall–Kier alpha value is -4.60. The molecule has 1 heterocycles. The third-order valence-corrected chi connectivity index (χ3v) is 5.12. The van der Waals surface area contributed by atoms with Crippen LogP contribution in [0.15, 0.2) is 71.7 Å². The fraction of sp³-hybridized carbons (Fsp3) is 0.231. The summed E-state index contributed by atoms with van der Waals surface area (Å²) in [5.74, 6) is -2.58. The minimum Gasteiger partial charge on any atom is -0.428 e. The van der Waals surface area contributed by atoms with Crippen molar-refractivity contribution in [1.82, 2.24) is 15.3 Å². The van der Waals surface area contributed by atoms with Crippen molar-refractivity contribution in [3.63, 3.8) is 0 Å². The van der Waals surface area contributed by atoms with E-state index in [1.807, 2.05) is 60.7 Å². The minimum absolute atomic E-state index is 0.0821. The van der Waals surface area contributed by atoms with Crippen LogP contribution in [0.2, 0.25) is 0 Å². The summed E-state index contributed by atoms with van der Waals surface area (Å²) in [7, 11) is 0. The zero-order valence-electron chi connectivity index (χ0n) is 19.6. The van der Waals surface area contributed by atoms with E-state index in [1.165, 1.54) is 6.92 Å². The van der Waals surface area contributed by atoms with E-state index in [1.54, 1.807) is 0 Å². The van der Waals surface area contributed by atoms with Gasteiger partial charge in [-0.15, -0.1) is 0 Å². The van der Waals surface area contributed by atoms with Gasteiger partial charge in [0.2, 0.25) is 6.79 Å². The Morgan fingerprint density at radius 2 is 1.53 bits per heavy atom. The Bertz CT molecular complexity index is 1230. The molecule has 3 aromatic rings. The summed E-state index contributed by atoms with van der Waals surface area (Å²) in [5, 5.41) is 2.86. The maximum absolute atomic E-state index is 12.9. The first-order valence-corrected chi connectivity index (χ1v) is 11.2. The summed E-state index contributed by atoms with van der Waals surface area (Å²) in [6.45, 7) is 0.690. The number of Topliss-reactive ketones (excluding diaryl/α,β-unsaturated/α-hetero) is 1. The summed E-state index contributed by atoms with van der Waals surface area (Å²) >= 11 is 0. The first-order chi connectivity index (χ1) is 17.3. The van der Waals surface area contributed by atoms with Gasteiger partial charge in [-0.25, -0.2) is 4.98 Å². The lowest BCUT2D eigenvalue weighted by atomic mass is 9.98. The SMILES string of the molecule is CC(=O)OCOC(=O)CCCC(=O)c1ncc(C(=O)NC(c2ccccc2)c2ccccc2)c(=O)[nH]1. The smallest absolute Gasteiger partial charge is 0.308 e. The number of nitrogens with one attached hydrogen (secondary N) is 2. The van der Waals surface area contributed by atoms with E-state index in [9.17, 15) is 24.0 Å². The second-order valence-electron chi connectivity index (χ2n) is 7.75. The number of ether oxygens (including phenoxy) is 2. The van der Waals surface area contributed by atoms with Crippen LogP contribution in [-0.2, 0) is 19.1 Å². The van der Waals surface area contributed by atoms with Gasteiger partial charge in [0.1, 0.15) is 5.56 Å². The number of aromatic nitrogens is 2. The van der Waals surface area contributed by atoms with Crippen molar-refractivity contribution >= 4 is 23.6 Å². The molecule has 0 atom stereocenters. The molecule has 0 spiro atoms. The standard InChI is InChI=1S/C26H25N3O7/c1-17(30)35-16-36-22(32)14-8-13-21(31)24-27-15-20(26(34)29-24)25(33)28-23(18-9-4-2-5-10-18)19-11-6-3-7-12-19/h2-7,9-12,15,23H,8,13-14,16H2,1H3,(H,28,33)(H,27,29,34). The molecule has 2 aromatic carbocycles. The fourth-order valence-corrected chi connectivity index (χ4v) is 3.32. The van der Waals surface area contributed by atoms with E-state index in [2.05, 4.69) is 24.8 Å². The fourth-order valence-electron chi connectivity index (χ4n) is 3.32. The Morgan fingerprint density at radius 3 is 2.08 bits per heavy atom. The average Bonchev–Trinajstić information content (AvgIpc) is 2.87. The van der Waals surface area contributed by atoms with Gasteiger partial charge in [0.05, 0.1) is 6.04 Å². The zero-order valence-corrected chi connectivity index (χ0v) is 19.6. The van der Waals surface area contributed by atoms with Gasteiger partial charge in [-0.05, 0) is 17.5 Å². The lowest BCUT2D eigenvalue weighted by Crippen LogP contribution is -2.34. The Morgan fingerprint density at radius 1 is 0.917 bits per heavy atom. The highest BCUT2D eigenvalue weighted by atomic mass is 16.7. The van der Waals surface area contributed by atoms with Gasteiger partial charge in [-0.1, -0.05) is 60.7 Å². The highest BCUT2D eigenvalue weighted by molar-refractivity contribution is 5.95. The van der Waals surface area contributed by atoms with Crippen LogP contribution in [0.25, 0.3) is 0 Å².